The van der Waals surface area contributed by atoms with E-state index in [1.54, 1.807) is 0 Å². The lowest BCUT2D eigenvalue weighted by Crippen LogP contribution is -2.54. The van der Waals surface area contributed by atoms with Crippen LogP contribution in [0.25, 0.3) is 0 Å². The van der Waals surface area contributed by atoms with Gasteiger partial charge in [0.25, 0.3) is 0 Å². The number of hydrogen-bond acceptors (Lipinski definition) is 2. The Morgan fingerprint density at radius 1 is 0.773 bits per heavy atom. The van der Waals surface area contributed by atoms with E-state index in [4.69, 9.17) is 8.85 Å². The monoisotopic (exact) mass is 318 g/mol. The Labute approximate surface area is 136 Å². The largest absolute Gasteiger partial charge is 0.520 e. The highest BCUT2D eigenvalue weighted by atomic mass is 28.4. The second-order valence-corrected chi connectivity index (χ2v) is 10.7. The zero-order valence-corrected chi connectivity index (χ0v) is 14.9. The Morgan fingerprint density at radius 3 is 1.73 bits per heavy atom. The summed E-state index contributed by atoms with van der Waals surface area (Å²) in [5, 5.41) is 0. The fraction of sp³-hybridized carbons (Fsp3) is 0.684. The molecular weight excluding hydrogens is 288 g/mol. The van der Waals surface area contributed by atoms with E-state index in [-0.39, 0.29) is 0 Å². The maximum atomic E-state index is 6.75. The van der Waals surface area contributed by atoms with Crippen LogP contribution in [0.4, 0.5) is 0 Å². The second kappa shape index (κ2) is 7.65. The van der Waals surface area contributed by atoms with Gasteiger partial charge in [-0.25, -0.2) is 0 Å². The number of hydrogen-bond donors (Lipinski definition) is 0. The fourth-order valence-corrected chi connectivity index (χ4v) is 9.24. The maximum Gasteiger partial charge on any atom is 0.405 e. The van der Waals surface area contributed by atoms with Crippen LogP contribution in [0.2, 0.25) is 11.1 Å². The van der Waals surface area contributed by atoms with Gasteiger partial charge in [-0.05, 0) is 37.8 Å². The van der Waals surface area contributed by atoms with E-state index in [0.717, 1.165) is 5.75 Å². The van der Waals surface area contributed by atoms with Crippen molar-refractivity contribution in [2.75, 3.05) is 7.11 Å². The van der Waals surface area contributed by atoms with Crippen LogP contribution in [0.15, 0.2) is 30.3 Å². The van der Waals surface area contributed by atoms with Gasteiger partial charge in [-0.15, -0.1) is 0 Å². The highest BCUT2D eigenvalue weighted by Crippen LogP contribution is 2.49. The molecule has 122 valence electrons. The van der Waals surface area contributed by atoms with E-state index in [9.17, 15) is 0 Å². The highest BCUT2D eigenvalue weighted by molar-refractivity contribution is 6.71. The van der Waals surface area contributed by atoms with Crippen LogP contribution in [0.5, 0.6) is 5.75 Å². The molecule has 2 saturated carbocycles. The predicted molar refractivity (Wildman–Crippen MR) is 93.5 cm³/mol. The summed E-state index contributed by atoms with van der Waals surface area (Å²) in [7, 11) is -0.280. The van der Waals surface area contributed by atoms with Gasteiger partial charge >= 0.3 is 8.56 Å². The first-order valence-electron chi connectivity index (χ1n) is 9.14. The number of para-hydroxylation sites is 1. The Kier molecular flexibility index (Phi) is 5.59. The Hall–Kier alpha value is -0.803. The van der Waals surface area contributed by atoms with Crippen LogP contribution in [0.3, 0.4) is 0 Å². The summed E-state index contributed by atoms with van der Waals surface area (Å²) >= 11 is 0. The van der Waals surface area contributed by atoms with Gasteiger partial charge in [-0.3, -0.25) is 0 Å². The summed E-state index contributed by atoms with van der Waals surface area (Å²) in [5.74, 6) is 1.02. The molecule has 0 amide bonds. The van der Waals surface area contributed by atoms with Crippen LogP contribution < -0.4 is 4.43 Å². The van der Waals surface area contributed by atoms with Gasteiger partial charge < -0.3 is 8.85 Å². The van der Waals surface area contributed by atoms with Crippen LogP contribution >= 0.6 is 0 Å². The van der Waals surface area contributed by atoms with Gasteiger partial charge in [0, 0.05) is 18.2 Å². The lowest BCUT2D eigenvalue weighted by atomic mass is 9.99. The zero-order chi connectivity index (χ0) is 15.3. The molecule has 0 aliphatic heterocycles. The number of rotatable bonds is 5. The highest BCUT2D eigenvalue weighted by Gasteiger charge is 2.53. The minimum atomic E-state index is -2.21. The molecule has 1 aromatic carbocycles. The Balaban J connectivity index is 1.87. The van der Waals surface area contributed by atoms with Crippen LogP contribution in [0, 0.1) is 0 Å². The molecule has 2 fully saturated rings. The molecule has 0 radical (unpaired) electrons. The average Bonchev–Trinajstić information content (AvgIpc) is 2.62. The predicted octanol–water partition coefficient (Wildman–Crippen LogP) is 5.82. The lowest BCUT2D eigenvalue weighted by molar-refractivity contribution is 0.237. The van der Waals surface area contributed by atoms with Crippen molar-refractivity contribution < 1.29 is 8.85 Å². The molecule has 0 heterocycles. The average molecular weight is 319 g/mol. The summed E-state index contributed by atoms with van der Waals surface area (Å²) in [6.07, 6.45) is 13.4. The van der Waals surface area contributed by atoms with Crippen LogP contribution in [-0.4, -0.2) is 15.7 Å². The molecule has 22 heavy (non-hydrogen) atoms. The first-order chi connectivity index (χ1) is 10.8. The molecule has 0 aromatic heterocycles. The molecule has 1 aromatic rings. The minimum absolute atomic E-state index is 0.676. The quantitative estimate of drug-likeness (QED) is 0.637. The maximum absolute atomic E-state index is 6.75. The molecule has 0 spiro atoms. The molecule has 0 N–H and O–H groups in total. The second-order valence-electron chi connectivity index (χ2n) is 7.01. The van der Waals surface area contributed by atoms with E-state index in [1.807, 2.05) is 7.11 Å². The van der Waals surface area contributed by atoms with Crippen LogP contribution in [0.1, 0.15) is 64.2 Å². The van der Waals surface area contributed by atoms with Crippen molar-refractivity contribution in [3.8, 4) is 5.75 Å². The Bertz CT molecular complexity index is 418. The molecule has 2 aliphatic carbocycles. The minimum Gasteiger partial charge on any atom is -0.520 e. The van der Waals surface area contributed by atoms with Crippen molar-refractivity contribution in [3.63, 3.8) is 0 Å². The normalized spacial score (nSPS) is 21.7. The van der Waals surface area contributed by atoms with Gasteiger partial charge in [-0.1, -0.05) is 56.7 Å². The molecular formula is C19H30O2Si. The molecule has 0 atom stereocenters. The first kappa shape index (κ1) is 16.1. The van der Waals surface area contributed by atoms with Gasteiger partial charge in [0.15, 0.2) is 0 Å². The van der Waals surface area contributed by atoms with Crippen molar-refractivity contribution in [1.29, 1.82) is 0 Å². The van der Waals surface area contributed by atoms with Crippen molar-refractivity contribution in [1.82, 2.24) is 0 Å². The molecule has 0 unspecified atom stereocenters. The third-order valence-electron chi connectivity index (χ3n) is 5.69. The van der Waals surface area contributed by atoms with Crippen molar-refractivity contribution in [3.05, 3.63) is 30.3 Å². The smallest absolute Gasteiger partial charge is 0.405 e. The van der Waals surface area contributed by atoms with Crippen LogP contribution in [-0.2, 0) is 4.43 Å². The van der Waals surface area contributed by atoms with Crippen molar-refractivity contribution in [2.45, 2.75) is 75.3 Å². The van der Waals surface area contributed by atoms with Gasteiger partial charge in [0.2, 0.25) is 0 Å². The fourth-order valence-electron chi connectivity index (χ4n) is 4.56. The summed E-state index contributed by atoms with van der Waals surface area (Å²) in [6.45, 7) is 0. The van der Waals surface area contributed by atoms with E-state index < -0.39 is 8.56 Å². The molecule has 2 nitrogen and oxygen atoms in total. The third-order valence-corrected chi connectivity index (χ3v) is 10.3. The molecule has 0 bridgehead atoms. The first-order valence-corrected chi connectivity index (χ1v) is 11.1. The summed E-state index contributed by atoms with van der Waals surface area (Å²) < 4.78 is 13.1. The van der Waals surface area contributed by atoms with Crippen molar-refractivity contribution in [2.24, 2.45) is 0 Å². The standard InChI is InChI=1S/C19H30O2Si/c1-20-22(18-13-7-3-8-14-18,19-15-9-4-10-16-19)21-17-11-5-2-6-12-17/h2,5-6,11-12,18-19H,3-4,7-10,13-16H2,1H3. The van der Waals surface area contributed by atoms with Gasteiger partial charge in [0.1, 0.15) is 5.75 Å². The SMILES string of the molecule is CO[Si](Oc1ccccc1)(C1CCCCC1)C1CCCCC1. The summed E-state index contributed by atoms with van der Waals surface area (Å²) in [4.78, 5) is 0. The molecule has 0 saturated heterocycles. The lowest BCUT2D eigenvalue weighted by Gasteiger charge is -2.44. The topological polar surface area (TPSA) is 18.5 Å². The molecule has 3 heteroatoms. The van der Waals surface area contributed by atoms with Gasteiger partial charge in [0.05, 0.1) is 0 Å². The van der Waals surface area contributed by atoms with E-state index in [1.165, 1.54) is 64.2 Å². The summed E-state index contributed by atoms with van der Waals surface area (Å²) in [6, 6.07) is 10.4. The van der Waals surface area contributed by atoms with Gasteiger partial charge in [-0.2, -0.15) is 0 Å². The Morgan fingerprint density at radius 2 is 1.27 bits per heavy atom. The summed E-state index contributed by atoms with van der Waals surface area (Å²) in [5.41, 5.74) is 1.35. The zero-order valence-electron chi connectivity index (χ0n) is 13.9. The van der Waals surface area contributed by atoms with Crippen molar-refractivity contribution >= 4 is 8.56 Å². The van der Waals surface area contributed by atoms with E-state index >= 15 is 0 Å². The molecule has 2 aliphatic rings. The molecule has 3 rings (SSSR count). The third kappa shape index (κ3) is 3.41. The van der Waals surface area contributed by atoms with E-state index in [0.29, 0.717) is 11.1 Å². The number of benzene rings is 1. The van der Waals surface area contributed by atoms with E-state index in [2.05, 4.69) is 30.3 Å².